The zero-order valence-electron chi connectivity index (χ0n) is 17.3. The largest absolute Gasteiger partial charge is 0.492 e. The summed E-state index contributed by atoms with van der Waals surface area (Å²) in [6.45, 7) is 13.2. The SMILES string of the molecule is Cc1cc(C)cc(OCCNC(=O)[C@H](C)Oc2ccc(C(C)(C)C)cc2)c1. The lowest BCUT2D eigenvalue weighted by Gasteiger charge is -2.20. The highest BCUT2D eigenvalue weighted by Gasteiger charge is 2.16. The molecule has 4 nitrogen and oxygen atoms in total. The molecule has 0 heterocycles. The van der Waals surface area contributed by atoms with Crippen molar-refractivity contribution in [2.75, 3.05) is 13.2 Å². The van der Waals surface area contributed by atoms with Gasteiger partial charge in [-0.25, -0.2) is 0 Å². The normalized spacial score (nSPS) is 12.4. The van der Waals surface area contributed by atoms with Crippen molar-refractivity contribution in [1.29, 1.82) is 0 Å². The molecule has 146 valence electrons. The number of nitrogens with one attached hydrogen (secondary N) is 1. The second kappa shape index (κ2) is 8.94. The second-order valence-corrected chi connectivity index (χ2v) is 8.00. The van der Waals surface area contributed by atoms with Gasteiger partial charge in [-0.15, -0.1) is 0 Å². The van der Waals surface area contributed by atoms with Crippen LogP contribution in [0.4, 0.5) is 0 Å². The molecule has 27 heavy (non-hydrogen) atoms. The highest BCUT2D eigenvalue weighted by Crippen LogP contribution is 2.24. The van der Waals surface area contributed by atoms with Crippen molar-refractivity contribution in [2.24, 2.45) is 0 Å². The highest BCUT2D eigenvalue weighted by atomic mass is 16.5. The van der Waals surface area contributed by atoms with Gasteiger partial charge in [-0.1, -0.05) is 39.0 Å². The van der Waals surface area contributed by atoms with E-state index in [2.05, 4.69) is 32.2 Å². The van der Waals surface area contributed by atoms with E-state index in [4.69, 9.17) is 9.47 Å². The first-order valence-electron chi connectivity index (χ1n) is 9.41. The Labute approximate surface area is 162 Å². The van der Waals surface area contributed by atoms with E-state index in [1.807, 2.05) is 50.2 Å². The minimum atomic E-state index is -0.563. The average molecular weight is 370 g/mol. The summed E-state index contributed by atoms with van der Waals surface area (Å²) < 4.78 is 11.4. The molecular weight excluding hydrogens is 338 g/mol. The number of hydrogen-bond acceptors (Lipinski definition) is 3. The summed E-state index contributed by atoms with van der Waals surface area (Å²) in [4.78, 5) is 12.2. The molecule has 0 aromatic heterocycles. The van der Waals surface area contributed by atoms with Crippen LogP contribution in [-0.2, 0) is 10.2 Å². The molecule has 2 aromatic carbocycles. The summed E-state index contributed by atoms with van der Waals surface area (Å²) in [6.07, 6.45) is -0.563. The van der Waals surface area contributed by atoms with Gasteiger partial charge in [0.05, 0.1) is 6.54 Å². The first-order valence-corrected chi connectivity index (χ1v) is 9.41. The van der Waals surface area contributed by atoms with Gasteiger partial charge in [0.2, 0.25) is 0 Å². The van der Waals surface area contributed by atoms with Gasteiger partial charge >= 0.3 is 0 Å². The first-order chi connectivity index (χ1) is 12.6. The second-order valence-electron chi connectivity index (χ2n) is 8.00. The molecule has 0 saturated heterocycles. The fourth-order valence-corrected chi connectivity index (χ4v) is 2.79. The predicted octanol–water partition coefficient (Wildman–Crippen LogP) is 4.56. The zero-order valence-corrected chi connectivity index (χ0v) is 17.3. The van der Waals surface area contributed by atoms with Crippen molar-refractivity contribution in [1.82, 2.24) is 5.32 Å². The van der Waals surface area contributed by atoms with Gasteiger partial charge in [-0.3, -0.25) is 4.79 Å². The van der Waals surface area contributed by atoms with E-state index in [0.29, 0.717) is 18.9 Å². The number of rotatable bonds is 7. The van der Waals surface area contributed by atoms with Gasteiger partial charge in [0.25, 0.3) is 5.91 Å². The van der Waals surface area contributed by atoms with E-state index in [1.165, 1.54) is 5.56 Å². The number of aryl methyl sites for hydroxylation is 2. The Hall–Kier alpha value is -2.49. The maximum absolute atomic E-state index is 12.2. The zero-order chi connectivity index (χ0) is 20.0. The van der Waals surface area contributed by atoms with Gasteiger partial charge in [-0.05, 0) is 67.1 Å². The van der Waals surface area contributed by atoms with Gasteiger partial charge in [0.15, 0.2) is 6.10 Å². The maximum Gasteiger partial charge on any atom is 0.260 e. The number of carbonyl (C=O) groups excluding carboxylic acids is 1. The van der Waals surface area contributed by atoms with Gasteiger partial charge in [0.1, 0.15) is 18.1 Å². The number of benzene rings is 2. The lowest BCUT2D eigenvalue weighted by Crippen LogP contribution is -2.38. The molecular formula is C23H31NO3. The molecule has 1 N–H and O–H groups in total. The summed E-state index contributed by atoms with van der Waals surface area (Å²) in [6, 6.07) is 14.0. The minimum Gasteiger partial charge on any atom is -0.492 e. The number of hydrogen-bond donors (Lipinski definition) is 1. The number of carbonyl (C=O) groups is 1. The van der Waals surface area contributed by atoms with Crippen molar-refractivity contribution >= 4 is 5.91 Å². The van der Waals surface area contributed by atoms with E-state index < -0.39 is 6.10 Å². The van der Waals surface area contributed by atoms with Crippen LogP contribution in [0.3, 0.4) is 0 Å². The van der Waals surface area contributed by atoms with Crippen LogP contribution in [0, 0.1) is 13.8 Å². The Morgan fingerprint density at radius 2 is 1.59 bits per heavy atom. The Morgan fingerprint density at radius 3 is 2.15 bits per heavy atom. The Balaban J connectivity index is 1.76. The monoisotopic (exact) mass is 369 g/mol. The third-order valence-corrected chi connectivity index (χ3v) is 4.27. The standard InChI is InChI=1S/C23H31NO3/c1-16-13-17(2)15-21(14-16)26-12-11-24-22(25)18(3)27-20-9-7-19(8-10-20)23(4,5)6/h7-10,13-15,18H,11-12H2,1-6H3,(H,24,25)/t18-/m0/s1. The molecule has 4 heteroatoms. The van der Waals surface area contributed by atoms with Crippen molar-refractivity contribution in [3.05, 3.63) is 59.2 Å². The van der Waals surface area contributed by atoms with Crippen LogP contribution in [0.5, 0.6) is 11.5 Å². The van der Waals surface area contributed by atoms with Crippen LogP contribution < -0.4 is 14.8 Å². The summed E-state index contributed by atoms with van der Waals surface area (Å²) in [7, 11) is 0. The fourth-order valence-electron chi connectivity index (χ4n) is 2.79. The first kappa shape index (κ1) is 20.8. The fraction of sp³-hybridized carbons (Fsp3) is 0.435. The molecule has 1 amide bonds. The van der Waals surface area contributed by atoms with Crippen LogP contribution in [0.25, 0.3) is 0 Å². The summed E-state index contributed by atoms with van der Waals surface area (Å²) in [5, 5.41) is 2.85. The predicted molar refractivity (Wildman–Crippen MR) is 110 cm³/mol. The molecule has 0 fully saturated rings. The molecule has 2 aromatic rings. The van der Waals surface area contributed by atoms with E-state index in [1.54, 1.807) is 6.92 Å². The highest BCUT2D eigenvalue weighted by molar-refractivity contribution is 5.80. The Morgan fingerprint density at radius 1 is 1.00 bits per heavy atom. The van der Waals surface area contributed by atoms with Crippen LogP contribution in [0.15, 0.2) is 42.5 Å². The molecule has 0 radical (unpaired) electrons. The summed E-state index contributed by atoms with van der Waals surface area (Å²) in [5.74, 6) is 1.36. The maximum atomic E-state index is 12.2. The molecule has 0 aliphatic rings. The topological polar surface area (TPSA) is 47.6 Å². The molecule has 0 unspecified atom stereocenters. The van der Waals surface area contributed by atoms with E-state index in [-0.39, 0.29) is 11.3 Å². The molecule has 0 bridgehead atoms. The van der Waals surface area contributed by atoms with Gasteiger partial charge in [0, 0.05) is 0 Å². The Bertz CT molecular complexity index is 740. The Kier molecular flexibility index (Phi) is 6.89. The number of amides is 1. The van der Waals surface area contributed by atoms with Crippen molar-refractivity contribution < 1.29 is 14.3 Å². The van der Waals surface area contributed by atoms with Crippen LogP contribution in [0.2, 0.25) is 0 Å². The van der Waals surface area contributed by atoms with Crippen molar-refractivity contribution in [3.8, 4) is 11.5 Å². The van der Waals surface area contributed by atoms with Crippen molar-refractivity contribution in [3.63, 3.8) is 0 Å². The third-order valence-electron chi connectivity index (χ3n) is 4.27. The summed E-state index contributed by atoms with van der Waals surface area (Å²) in [5.41, 5.74) is 3.65. The van der Waals surface area contributed by atoms with Crippen LogP contribution in [0.1, 0.15) is 44.4 Å². The van der Waals surface area contributed by atoms with Gasteiger partial charge < -0.3 is 14.8 Å². The van der Waals surface area contributed by atoms with E-state index in [9.17, 15) is 4.79 Å². The molecule has 0 spiro atoms. The third kappa shape index (κ3) is 6.63. The van der Waals surface area contributed by atoms with E-state index in [0.717, 1.165) is 16.9 Å². The molecule has 2 rings (SSSR count). The van der Waals surface area contributed by atoms with Crippen LogP contribution in [-0.4, -0.2) is 25.2 Å². The molecule has 1 atom stereocenters. The lowest BCUT2D eigenvalue weighted by atomic mass is 9.87. The quantitative estimate of drug-likeness (QED) is 0.728. The molecule has 0 saturated carbocycles. The summed E-state index contributed by atoms with van der Waals surface area (Å²) >= 11 is 0. The molecule has 0 aliphatic carbocycles. The van der Waals surface area contributed by atoms with Crippen molar-refractivity contribution in [2.45, 2.75) is 53.1 Å². The van der Waals surface area contributed by atoms with E-state index >= 15 is 0 Å². The minimum absolute atomic E-state index is 0.0946. The van der Waals surface area contributed by atoms with Gasteiger partial charge in [-0.2, -0.15) is 0 Å². The lowest BCUT2D eigenvalue weighted by molar-refractivity contribution is -0.127. The van der Waals surface area contributed by atoms with Crippen LogP contribution >= 0.6 is 0 Å². The average Bonchev–Trinajstić information content (AvgIpc) is 2.57. The smallest absolute Gasteiger partial charge is 0.260 e. The number of ether oxygens (including phenoxy) is 2. The molecule has 0 aliphatic heterocycles.